The Balaban J connectivity index is 2.29. The molecule has 1 N–H and O–H groups in total. The molecule has 0 aliphatic rings. The van der Waals surface area contributed by atoms with Crippen molar-refractivity contribution in [2.24, 2.45) is 0 Å². The van der Waals surface area contributed by atoms with Crippen LogP contribution in [0.4, 0.5) is 8.78 Å². The zero-order valence-corrected chi connectivity index (χ0v) is 9.93. The summed E-state index contributed by atoms with van der Waals surface area (Å²) in [5.74, 6) is -2.96. The molecule has 0 spiro atoms. The first-order valence-electron chi connectivity index (χ1n) is 5.34. The summed E-state index contributed by atoms with van der Waals surface area (Å²) in [7, 11) is 0. The third kappa shape index (κ3) is 2.87. The number of nitrogens with zero attached hydrogens (tertiary/aromatic N) is 2. The van der Waals surface area contributed by atoms with Crippen molar-refractivity contribution in [1.29, 1.82) is 0 Å². The average Bonchev–Trinajstić information content (AvgIpc) is 2.72. The van der Waals surface area contributed by atoms with Crippen LogP contribution in [0, 0.1) is 18.6 Å². The van der Waals surface area contributed by atoms with Gasteiger partial charge in [-0.3, -0.25) is 0 Å². The van der Waals surface area contributed by atoms with Gasteiger partial charge in [0.2, 0.25) is 5.88 Å². The first-order valence-corrected chi connectivity index (χ1v) is 5.34. The standard InChI is InChI=1S/C12H10F2N2O3/c1-7-4-11(19-6-12(17)18)15-16(7)8-2-3-9(13)10(14)5-8/h2-5H,6H2,1H3,(H,17,18). The number of aryl methyl sites for hydroxylation is 1. The lowest BCUT2D eigenvalue weighted by atomic mass is 10.3. The van der Waals surface area contributed by atoms with Crippen molar-refractivity contribution >= 4 is 5.97 Å². The number of carboxylic acid groups (broad SMARTS) is 1. The van der Waals surface area contributed by atoms with Gasteiger partial charge in [0.25, 0.3) is 0 Å². The van der Waals surface area contributed by atoms with Crippen molar-refractivity contribution < 1.29 is 23.4 Å². The summed E-state index contributed by atoms with van der Waals surface area (Å²) in [5.41, 5.74) is 0.924. The van der Waals surface area contributed by atoms with Gasteiger partial charge in [0.1, 0.15) is 0 Å². The van der Waals surface area contributed by atoms with Gasteiger partial charge in [-0.25, -0.2) is 18.3 Å². The van der Waals surface area contributed by atoms with Crippen LogP contribution in [0.2, 0.25) is 0 Å². The lowest BCUT2D eigenvalue weighted by Crippen LogP contribution is -2.10. The molecule has 1 heterocycles. The second kappa shape index (κ2) is 5.05. The Bertz CT molecular complexity index is 625. The molecule has 0 atom stereocenters. The van der Waals surface area contributed by atoms with Gasteiger partial charge in [0, 0.05) is 17.8 Å². The number of carboxylic acids is 1. The topological polar surface area (TPSA) is 64.3 Å². The number of aliphatic carboxylic acids is 1. The first kappa shape index (κ1) is 13.0. The molecule has 1 aromatic carbocycles. The van der Waals surface area contributed by atoms with Crippen LogP contribution in [0.5, 0.6) is 5.88 Å². The van der Waals surface area contributed by atoms with Gasteiger partial charge in [-0.1, -0.05) is 0 Å². The highest BCUT2D eigenvalue weighted by Crippen LogP contribution is 2.18. The van der Waals surface area contributed by atoms with Gasteiger partial charge in [0.15, 0.2) is 18.2 Å². The maximum Gasteiger partial charge on any atom is 0.341 e. The Morgan fingerprint density at radius 3 is 2.74 bits per heavy atom. The Morgan fingerprint density at radius 1 is 1.37 bits per heavy atom. The van der Waals surface area contributed by atoms with E-state index in [9.17, 15) is 13.6 Å². The number of ether oxygens (including phenoxy) is 1. The number of aromatic nitrogens is 2. The molecule has 0 unspecified atom stereocenters. The van der Waals surface area contributed by atoms with Gasteiger partial charge in [-0.2, -0.15) is 0 Å². The second-order valence-electron chi connectivity index (χ2n) is 3.82. The van der Waals surface area contributed by atoms with Crippen LogP contribution in [-0.2, 0) is 4.79 Å². The molecule has 2 rings (SSSR count). The van der Waals surface area contributed by atoms with Crippen molar-refractivity contribution in [2.75, 3.05) is 6.61 Å². The SMILES string of the molecule is Cc1cc(OCC(=O)O)nn1-c1ccc(F)c(F)c1. The molecule has 0 radical (unpaired) electrons. The molecular weight excluding hydrogens is 258 g/mol. The van der Waals surface area contributed by atoms with E-state index in [1.165, 1.54) is 16.8 Å². The predicted octanol–water partition coefficient (Wildman–Crippen LogP) is 1.92. The third-order valence-electron chi connectivity index (χ3n) is 2.36. The Labute approximate surface area is 107 Å². The van der Waals surface area contributed by atoms with Crippen molar-refractivity contribution in [1.82, 2.24) is 9.78 Å². The first-order chi connectivity index (χ1) is 8.97. The number of carbonyl (C=O) groups is 1. The molecule has 0 saturated heterocycles. The highest BCUT2D eigenvalue weighted by atomic mass is 19.2. The zero-order chi connectivity index (χ0) is 14.0. The maximum absolute atomic E-state index is 13.1. The van der Waals surface area contributed by atoms with Gasteiger partial charge in [-0.05, 0) is 19.1 Å². The van der Waals surface area contributed by atoms with E-state index in [4.69, 9.17) is 9.84 Å². The number of hydrogen-bond donors (Lipinski definition) is 1. The molecule has 0 aliphatic carbocycles. The van der Waals surface area contributed by atoms with Crippen molar-refractivity contribution in [3.63, 3.8) is 0 Å². The van der Waals surface area contributed by atoms with Crippen LogP contribution >= 0.6 is 0 Å². The molecule has 0 aliphatic heterocycles. The summed E-state index contributed by atoms with van der Waals surface area (Å²) in [6.07, 6.45) is 0. The van der Waals surface area contributed by atoms with Gasteiger partial charge in [-0.15, -0.1) is 5.10 Å². The van der Waals surface area contributed by atoms with Crippen LogP contribution in [-0.4, -0.2) is 27.5 Å². The van der Waals surface area contributed by atoms with Crippen LogP contribution in [0.15, 0.2) is 24.3 Å². The van der Waals surface area contributed by atoms with E-state index in [-0.39, 0.29) is 5.88 Å². The van der Waals surface area contributed by atoms with Crippen LogP contribution < -0.4 is 4.74 Å². The minimum atomic E-state index is -1.12. The predicted molar refractivity (Wildman–Crippen MR) is 61.3 cm³/mol. The molecule has 7 heteroatoms. The lowest BCUT2D eigenvalue weighted by molar-refractivity contribution is -0.139. The molecule has 0 bridgehead atoms. The minimum Gasteiger partial charge on any atom is -0.479 e. The lowest BCUT2D eigenvalue weighted by Gasteiger charge is -2.04. The van der Waals surface area contributed by atoms with E-state index in [1.54, 1.807) is 6.92 Å². The Kier molecular flexibility index (Phi) is 3.46. The number of halogens is 2. The fourth-order valence-corrected chi connectivity index (χ4v) is 1.53. The normalized spacial score (nSPS) is 10.5. The number of benzene rings is 1. The summed E-state index contributed by atoms with van der Waals surface area (Å²) >= 11 is 0. The minimum absolute atomic E-state index is 0.102. The summed E-state index contributed by atoms with van der Waals surface area (Å²) in [6, 6.07) is 4.85. The van der Waals surface area contributed by atoms with Crippen LogP contribution in [0.1, 0.15) is 5.69 Å². The molecule has 100 valence electrons. The molecule has 0 fully saturated rings. The molecule has 0 saturated carbocycles. The smallest absolute Gasteiger partial charge is 0.341 e. The van der Waals surface area contributed by atoms with Gasteiger partial charge >= 0.3 is 5.97 Å². The highest BCUT2D eigenvalue weighted by Gasteiger charge is 2.10. The van der Waals surface area contributed by atoms with E-state index in [1.807, 2.05) is 0 Å². The van der Waals surface area contributed by atoms with E-state index >= 15 is 0 Å². The number of rotatable bonds is 4. The van der Waals surface area contributed by atoms with E-state index in [0.29, 0.717) is 11.4 Å². The molecule has 2 aromatic rings. The Morgan fingerprint density at radius 2 is 2.11 bits per heavy atom. The van der Waals surface area contributed by atoms with Crippen LogP contribution in [0.3, 0.4) is 0 Å². The Hall–Kier alpha value is -2.44. The van der Waals surface area contributed by atoms with Gasteiger partial charge < -0.3 is 9.84 Å². The number of hydrogen-bond acceptors (Lipinski definition) is 3. The maximum atomic E-state index is 13.1. The molecule has 5 nitrogen and oxygen atoms in total. The van der Waals surface area contributed by atoms with Crippen LogP contribution in [0.25, 0.3) is 5.69 Å². The molecular formula is C12H10F2N2O3. The largest absolute Gasteiger partial charge is 0.479 e. The van der Waals surface area contributed by atoms with E-state index < -0.39 is 24.2 Å². The molecule has 19 heavy (non-hydrogen) atoms. The quantitative estimate of drug-likeness (QED) is 0.920. The van der Waals surface area contributed by atoms with Gasteiger partial charge in [0.05, 0.1) is 5.69 Å². The zero-order valence-electron chi connectivity index (χ0n) is 9.93. The highest BCUT2D eigenvalue weighted by molar-refractivity contribution is 5.68. The summed E-state index contributed by atoms with van der Waals surface area (Å²) in [6.45, 7) is 1.16. The van der Waals surface area contributed by atoms with E-state index in [0.717, 1.165) is 12.1 Å². The summed E-state index contributed by atoms with van der Waals surface area (Å²) in [5, 5.41) is 12.4. The third-order valence-corrected chi connectivity index (χ3v) is 2.36. The summed E-state index contributed by atoms with van der Waals surface area (Å²) < 4.78 is 32.2. The van der Waals surface area contributed by atoms with Crippen molar-refractivity contribution in [2.45, 2.75) is 6.92 Å². The second-order valence-corrected chi connectivity index (χ2v) is 3.82. The fourth-order valence-electron chi connectivity index (χ4n) is 1.53. The van der Waals surface area contributed by atoms with E-state index in [2.05, 4.69) is 5.10 Å². The molecule has 1 aromatic heterocycles. The average molecular weight is 268 g/mol. The van der Waals surface area contributed by atoms with Crippen molar-refractivity contribution in [3.8, 4) is 11.6 Å². The monoisotopic (exact) mass is 268 g/mol. The summed E-state index contributed by atoms with van der Waals surface area (Å²) in [4.78, 5) is 10.4. The molecule has 0 amide bonds. The van der Waals surface area contributed by atoms with Crippen molar-refractivity contribution in [3.05, 3.63) is 41.6 Å². The fraction of sp³-hybridized carbons (Fsp3) is 0.167.